The number of rotatable bonds is 3. The number of para-hydroxylation sites is 1. The highest BCUT2D eigenvalue weighted by atomic mass is 15.2. The maximum Gasteiger partial charge on any atom is 0.0531 e. The highest BCUT2D eigenvalue weighted by molar-refractivity contribution is 5.83. The van der Waals surface area contributed by atoms with Crippen LogP contribution in [-0.2, 0) is 6.54 Å². The Kier molecular flexibility index (Phi) is 3.90. The molecule has 2 heterocycles. The molecule has 0 saturated carbocycles. The second kappa shape index (κ2) is 6.19. The summed E-state index contributed by atoms with van der Waals surface area (Å²) in [5, 5.41) is 4.71. The van der Waals surface area contributed by atoms with Crippen molar-refractivity contribution in [1.82, 2.24) is 14.8 Å². The fourth-order valence-electron chi connectivity index (χ4n) is 3.51. The van der Waals surface area contributed by atoms with Gasteiger partial charge in [0, 0.05) is 49.5 Å². The van der Waals surface area contributed by atoms with E-state index < -0.39 is 0 Å². The van der Waals surface area contributed by atoms with Gasteiger partial charge in [-0.1, -0.05) is 30.3 Å². The van der Waals surface area contributed by atoms with E-state index in [0.29, 0.717) is 0 Å². The van der Waals surface area contributed by atoms with Crippen molar-refractivity contribution in [3.8, 4) is 5.69 Å². The van der Waals surface area contributed by atoms with Crippen LogP contribution >= 0.6 is 0 Å². The molecule has 3 nitrogen and oxygen atoms in total. The summed E-state index contributed by atoms with van der Waals surface area (Å²) >= 11 is 0. The van der Waals surface area contributed by atoms with Gasteiger partial charge in [0.15, 0.2) is 0 Å². The molecule has 3 heteroatoms. The Morgan fingerprint density at radius 3 is 2.48 bits per heavy atom. The Bertz CT molecular complexity index is 795. The molecule has 0 amide bonds. The second-order valence-corrected chi connectivity index (χ2v) is 6.37. The number of fused-ring (bicyclic) bond motifs is 1. The first-order valence-corrected chi connectivity index (χ1v) is 8.41. The average molecular weight is 305 g/mol. The fraction of sp³-hybridized carbons (Fsp3) is 0.300. The monoisotopic (exact) mass is 305 g/mol. The molecule has 0 bridgehead atoms. The van der Waals surface area contributed by atoms with Gasteiger partial charge in [0.25, 0.3) is 0 Å². The van der Waals surface area contributed by atoms with Gasteiger partial charge < -0.3 is 9.88 Å². The Morgan fingerprint density at radius 2 is 1.70 bits per heavy atom. The number of nitrogens with zero attached hydrogens (tertiary/aromatic N) is 2. The SMILES string of the molecule is Cc1cc2ccccc2n1-c1ccc(CN2CCNCC2)cc1. The van der Waals surface area contributed by atoms with Crippen molar-refractivity contribution in [2.75, 3.05) is 26.2 Å². The lowest BCUT2D eigenvalue weighted by Crippen LogP contribution is -2.42. The number of benzene rings is 2. The molecule has 1 aliphatic heterocycles. The molecule has 1 N–H and O–H groups in total. The normalized spacial score (nSPS) is 16.0. The molecule has 2 aromatic carbocycles. The zero-order valence-electron chi connectivity index (χ0n) is 13.6. The topological polar surface area (TPSA) is 20.2 Å². The van der Waals surface area contributed by atoms with Gasteiger partial charge in [0.1, 0.15) is 0 Å². The van der Waals surface area contributed by atoms with Crippen LogP contribution in [0.3, 0.4) is 0 Å². The Labute approximate surface area is 137 Å². The highest BCUT2D eigenvalue weighted by Crippen LogP contribution is 2.24. The van der Waals surface area contributed by atoms with Crippen molar-refractivity contribution >= 4 is 10.9 Å². The van der Waals surface area contributed by atoms with Crippen LogP contribution in [0.2, 0.25) is 0 Å². The van der Waals surface area contributed by atoms with Crippen LogP contribution in [0.1, 0.15) is 11.3 Å². The third-order valence-corrected chi connectivity index (χ3v) is 4.71. The predicted molar refractivity (Wildman–Crippen MR) is 96.2 cm³/mol. The fourth-order valence-corrected chi connectivity index (χ4v) is 3.51. The summed E-state index contributed by atoms with van der Waals surface area (Å²) < 4.78 is 2.34. The van der Waals surface area contributed by atoms with Crippen LogP contribution in [0.15, 0.2) is 54.6 Å². The Balaban J connectivity index is 1.61. The van der Waals surface area contributed by atoms with Gasteiger partial charge in [0.2, 0.25) is 0 Å². The molecule has 0 spiro atoms. The van der Waals surface area contributed by atoms with Crippen LogP contribution in [0, 0.1) is 6.92 Å². The van der Waals surface area contributed by atoms with Crippen molar-refractivity contribution < 1.29 is 0 Å². The molecule has 0 atom stereocenters. The number of aromatic nitrogens is 1. The third-order valence-electron chi connectivity index (χ3n) is 4.71. The molecule has 1 aliphatic rings. The van der Waals surface area contributed by atoms with E-state index >= 15 is 0 Å². The molecular weight excluding hydrogens is 282 g/mol. The minimum absolute atomic E-state index is 1.05. The van der Waals surface area contributed by atoms with Crippen LogP contribution in [0.4, 0.5) is 0 Å². The van der Waals surface area contributed by atoms with Gasteiger partial charge in [-0.05, 0) is 36.8 Å². The average Bonchev–Trinajstić information content (AvgIpc) is 2.92. The zero-order valence-corrected chi connectivity index (χ0v) is 13.6. The number of piperazine rings is 1. The minimum atomic E-state index is 1.05. The lowest BCUT2D eigenvalue weighted by Gasteiger charge is -2.27. The van der Waals surface area contributed by atoms with Gasteiger partial charge in [-0.25, -0.2) is 0 Å². The molecule has 0 unspecified atom stereocenters. The Morgan fingerprint density at radius 1 is 0.957 bits per heavy atom. The van der Waals surface area contributed by atoms with Crippen molar-refractivity contribution in [1.29, 1.82) is 0 Å². The van der Waals surface area contributed by atoms with E-state index in [2.05, 4.69) is 76.3 Å². The number of hydrogen-bond donors (Lipinski definition) is 1. The maximum absolute atomic E-state index is 3.41. The molecule has 118 valence electrons. The van der Waals surface area contributed by atoms with E-state index in [1.54, 1.807) is 0 Å². The molecule has 0 radical (unpaired) electrons. The standard InChI is InChI=1S/C20H23N3/c1-16-14-18-4-2-3-5-20(18)23(16)19-8-6-17(7-9-19)15-22-12-10-21-11-13-22/h2-9,14,21H,10-13,15H2,1H3. The molecule has 1 fully saturated rings. The van der Waals surface area contributed by atoms with Crippen LogP contribution in [-0.4, -0.2) is 35.6 Å². The molecule has 1 aromatic heterocycles. The largest absolute Gasteiger partial charge is 0.314 e. The van der Waals surface area contributed by atoms with Crippen molar-refractivity contribution in [2.24, 2.45) is 0 Å². The number of hydrogen-bond acceptors (Lipinski definition) is 2. The first-order valence-electron chi connectivity index (χ1n) is 8.41. The third kappa shape index (κ3) is 2.90. The summed E-state index contributed by atoms with van der Waals surface area (Å²) in [5.41, 5.74) is 5.19. The van der Waals surface area contributed by atoms with Crippen LogP contribution in [0.5, 0.6) is 0 Å². The number of aryl methyl sites for hydroxylation is 1. The first-order chi connectivity index (χ1) is 11.3. The van der Waals surface area contributed by atoms with Gasteiger partial charge >= 0.3 is 0 Å². The molecule has 3 aromatic rings. The molecule has 1 saturated heterocycles. The van der Waals surface area contributed by atoms with Crippen LogP contribution < -0.4 is 5.32 Å². The molecular formula is C20H23N3. The zero-order chi connectivity index (χ0) is 15.6. The number of nitrogens with one attached hydrogen (secondary N) is 1. The smallest absolute Gasteiger partial charge is 0.0531 e. The van der Waals surface area contributed by atoms with Gasteiger partial charge in [0.05, 0.1) is 5.52 Å². The van der Waals surface area contributed by atoms with Gasteiger partial charge in [-0.15, -0.1) is 0 Å². The lowest BCUT2D eigenvalue weighted by molar-refractivity contribution is 0.233. The van der Waals surface area contributed by atoms with E-state index in [-0.39, 0.29) is 0 Å². The van der Waals surface area contributed by atoms with Crippen LogP contribution in [0.25, 0.3) is 16.6 Å². The van der Waals surface area contributed by atoms with Crippen molar-refractivity contribution in [2.45, 2.75) is 13.5 Å². The summed E-state index contributed by atoms with van der Waals surface area (Å²) in [6.07, 6.45) is 0. The highest BCUT2D eigenvalue weighted by Gasteiger charge is 2.11. The van der Waals surface area contributed by atoms with E-state index in [1.807, 2.05) is 0 Å². The van der Waals surface area contributed by atoms with Gasteiger partial charge in [-0.3, -0.25) is 4.90 Å². The van der Waals surface area contributed by atoms with Gasteiger partial charge in [-0.2, -0.15) is 0 Å². The summed E-state index contributed by atoms with van der Waals surface area (Å²) in [6, 6.07) is 19.9. The van der Waals surface area contributed by atoms with Crippen molar-refractivity contribution in [3.05, 3.63) is 65.9 Å². The van der Waals surface area contributed by atoms with E-state index in [1.165, 1.54) is 27.8 Å². The molecule has 4 rings (SSSR count). The molecule has 0 aliphatic carbocycles. The summed E-state index contributed by atoms with van der Waals surface area (Å²) in [5.74, 6) is 0. The minimum Gasteiger partial charge on any atom is -0.314 e. The summed E-state index contributed by atoms with van der Waals surface area (Å²) in [7, 11) is 0. The quantitative estimate of drug-likeness (QED) is 0.801. The molecule has 23 heavy (non-hydrogen) atoms. The second-order valence-electron chi connectivity index (χ2n) is 6.37. The van der Waals surface area contributed by atoms with E-state index in [9.17, 15) is 0 Å². The summed E-state index contributed by atoms with van der Waals surface area (Å²) in [4.78, 5) is 2.52. The lowest BCUT2D eigenvalue weighted by atomic mass is 10.1. The predicted octanol–water partition coefficient (Wildman–Crippen LogP) is 3.34. The van der Waals surface area contributed by atoms with E-state index in [0.717, 1.165) is 32.7 Å². The Hall–Kier alpha value is -2.10. The maximum atomic E-state index is 3.41. The van der Waals surface area contributed by atoms with Crippen molar-refractivity contribution in [3.63, 3.8) is 0 Å². The van der Waals surface area contributed by atoms with E-state index in [4.69, 9.17) is 0 Å². The first kappa shape index (κ1) is 14.5. The summed E-state index contributed by atoms with van der Waals surface area (Å²) in [6.45, 7) is 7.72.